The predicted octanol–water partition coefficient (Wildman–Crippen LogP) is 6.71. The summed E-state index contributed by atoms with van der Waals surface area (Å²) in [6.07, 6.45) is 2.80. The van der Waals surface area contributed by atoms with Crippen molar-refractivity contribution in [1.29, 1.82) is 0 Å². The molecule has 3 N–H and O–H groups in total. The van der Waals surface area contributed by atoms with E-state index in [4.69, 9.17) is 9.47 Å². The maximum absolute atomic E-state index is 15.9. The van der Waals surface area contributed by atoms with Crippen LogP contribution >= 0.6 is 0 Å². The monoisotopic (exact) mass is 959 g/mol. The van der Waals surface area contributed by atoms with Gasteiger partial charge in [-0.25, -0.2) is 0 Å². The number of fused-ring (bicyclic) bond motifs is 2. The van der Waals surface area contributed by atoms with Gasteiger partial charge in [0.2, 0.25) is 0 Å². The molecule has 5 fully saturated rings. The number of hydrogen-bond acceptors (Lipinski definition) is 10. The molecule has 0 radical (unpaired) electrons. The van der Waals surface area contributed by atoms with Gasteiger partial charge in [-0.2, -0.15) is 0 Å². The van der Waals surface area contributed by atoms with Gasteiger partial charge in [0.1, 0.15) is 16.8 Å². The van der Waals surface area contributed by atoms with Crippen LogP contribution in [0.5, 0.6) is 5.75 Å². The van der Waals surface area contributed by atoms with Crippen molar-refractivity contribution in [3.63, 3.8) is 0 Å². The minimum atomic E-state index is -2.45. The Kier molecular flexibility index (Phi) is 11.9. The van der Waals surface area contributed by atoms with Crippen LogP contribution in [0.15, 0.2) is 127 Å². The third kappa shape index (κ3) is 7.19. The molecule has 0 aliphatic carbocycles. The predicted molar refractivity (Wildman–Crippen MR) is 278 cm³/mol. The molecule has 0 aromatic heterocycles. The molecule has 3 amide bonds. The van der Waals surface area contributed by atoms with E-state index in [0.29, 0.717) is 32.6 Å². The molecule has 0 unspecified atom stereocenters. The van der Waals surface area contributed by atoms with E-state index in [1.54, 1.807) is 7.11 Å². The van der Waals surface area contributed by atoms with Gasteiger partial charge in [0.25, 0.3) is 17.7 Å². The van der Waals surface area contributed by atoms with Gasteiger partial charge in [-0.15, -0.1) is 0 Å². The minimum absolute atomic E-state index is 0.0515. The summed E-state index contributed by atoms with van der Waals surface area (Å²) in [4.78, 5) is 55.7. The quantitative estimate of drug-likeness (QED) is 0.123. The summed E-state index contributed by atoms with van der Waals surface area (Å²) >= 11 is 0. The summed E-state index contributed by atoms with van der Waals surface area (Å²) in [6, 6.07) is 42.9. The van der Waals surface area contributed by atoms with E-state index >= 15 is 9.59 Å². The molecule has 14 heteroatoms. The van der Waals surface area contributed by atoms with Crippen LogP contribution in [0.4, 0.5) is 28.4 Å². The van der Waals surface area contributed by atoms with E-state index in [1.165, 1.54) is 5.19 Å². The molecule has 11 rings (SSSR count). The van der Waals surface area contributed by atoms with Crippen LogP contribution in [0.3, 0.4) is 0 Å². The number of amides is 3. The Hall–Kier alpha value is -6.03. The molecule has 5 aromatic carbocycles. The normalized spacial score (nSPS) is 25.0. The van der Waals surface area contributed by atoms with Gasteiger partial charge in [0, 0.05) is 40.8 Å². The van der Waals surface area contributed by atoms with Crippen LogP contribution in [-0.4, -0.2) is 101 Å². The number of nitrogens with one attached hydrogen (secondary N) is 2. The first-order valence-electron chi connectivity index (χ1n) is 25.2. The summed E-state index contributed by atoms with van der Waals surface area (Å²) in [5.74, 6) is 0.525. The Morgan fingerprint density at radius 2 is 1.20 bits per heavy atom. The lowest BCUT2D eigenvalue weighted by atomic mass is 9.82. The van der Waals surface area contributed by atoms with Gasteiger partial charge in [-0.05, 0) is 136 Å². The number of carbonyl (C=O) groups is 3. The van der Waals surface area contributed by atoms with Crippen LogP contribution in [0, 0.1) is 5.92 Å². The summed E-state index contributed by atoms with van der Waals surface area (Å²) < 4.78 is 12.9. The van der Waals surface area contributed by atoms with Crippen molar-refractivity contribution in [1.82, 2.24) is 10.6 Å². The molecule has 6 heterocycles. The number of aliphatic hydroxyl groups excluding tert-OH is 1. The van der Waals surface area contributed by atoms with Gasteiger partial charge in [-0.1, -0.05) is 85.9 Å². The molecule has 5 aromatic rings. The van der Waals surface area contributed by atoms with Crippen molar-refractivity contribution >= 4 is 59.4 Å². The van der Waals surface area contributed by atoms with Crippen molar-refractivity contribution in [3.05, 3.63) is 139 Å². The lowest BCUT2D eigenvalue weighted by Crippen LogP contribution is -2.55. The lowest BCUT2D eigenvalue weighted by molar-refractivity contribution is -0.146. The fourth-order valence-electron chi connectivity index (χ4n) is 13.3. The Bertz CT molecular complexity index is 2750. The van der Waals surface area contributed by atoms with Gasteiger partial charge < -0.3 is 39.9 Å². The molecular weight excluding hydrogens is 895 g/mol. The van der Waals surface area contributed by atoms with E-state index in [0.717, 1.165) is 84.3 Å². The third-order valence-electron chi connectivity index (χ3n) is 17.0. The highest BCUT2D eigenvalue weighted by Crippen LogP contribution is 2.61. The van der Waals surface area contributed by atoms with Crippen molar-refractivity contribution < 1.29 is 29.0 Å². The number of carbonyl (C=O) groups excluding carboxylic acids is 3. The minimum Gasteiger partial charge on any atom is -0.497 e. The number of benzene rings is 5. The Labute approximate surface area is 412 Å². The maximum Gasteiger partial charge on any atom is 0.264 e. The number of ether oxygens (including phenoxy) is 2. The number of para-hydroxylation sites is 2. The Morgan fingerprint density at radius 3 is 1.73 bits per heavy atom. The molecule has 70 heavy (non-hydrogen) atoms. The number of piperidine rings is 2. The Morgan fingerprint density at radius 1 is 0.671 bits per heavy atom. The summed E-state index contributed by atoms with van der Waals surface area (Å²) in [5, 5.41) is 18.8. The molecule has 4 atom stereocenters. The third-order valence-corrected chi connectivity index (χ3v) is 21.4. The first-order chi connectivity index (χ1) is 34.0. The smallest absolute Gasteiger partial charge is 0.264 e. The van der Waals surface area contributed by atoms with E-state index in [1.807, 2.05) is 99.6 Å². The van der Waals surface area contributed by atoms with Gasteiger partial charge in [0.05, 0.1) is 46.9 Å². The van der Waals surface area contributed by atoms with Crippen molar-refractivity contribution in [2.75, 3.05) is 77.7 Å². The van der Waals surface area contributed by atoms with E-state index < -0.39 is 30.9 Å². The summed E-state index contributed by atoms with van der Waals surface area (Å²) in [5.41, 5.74) is 3.26. The lowest BCUT2D eigenvalue weighted by Gasteiger charge is -2.39. The maximum atomic E-state index is 15.9. The van der Waals surface area contributed by atoms with E-state index in [9.17, 15) is 9.90 Å². The second-order valence-electron chi connectivity index (χ2n) is 20.8. The highest BCUT2D eigenvalue weighted by Gasteiger charge is 2.66. The van der Waals surface area contributed by atoms with Crippen LogP contribution < -0.4 is 45.1 Å². The standard InChI is InChI=1S/C56H65N7O6Si/c1-39-50(70(3,4)46-22-20-45(68-2)21-23-46)49(25-34-64)69-56(39)47-35-44(61-38-63(43-13-9-6-10-14-43)55(52(61)66)28-32-58-33-29-55)19-24-48(47)59(53(56)67)36-40-15-17-41(18-16-40)60-37-62(42-11-7-5-8-12-42)54(51(60)65)26-30-57-31-27-54/h5-24,35,39,49-50,57-58,64H,25-34,36-38H2,1-4H3/t39-,49+,50-,56+/m1/s1. The highest BCUT2D eigenvalue weighted by molar-refractivity contribution is 6.91. The van der Waals surface area contributed by atoms with Crippen LogP contribution in [0.1, 0.15) is 50.2 Å². The van der Waals surface area contributed by atoms with Gasteiger partial charge in [-0.3, -0.25) is 24.2 Å². The van der Waals surface area contributed by atoms with E-state index in [2.05, 4.69) is 82.9 Å². The average Bonchev–Trinajstić information content (AvgIpc) is 4.03. The van der Waals surface area contributed by atoms with Crippen LogP contribution in [0.25, 0.3) is 0 Å². The molecule has 0 bridgehead atoms. The fraction of sp³-hybridized carbons (Fsp3) is 0.411. The number of methoxy groups -OCH3 is 1. The summed E-state index contributed by atoms with van der Waals surface area (Å²) in [6.45, 7) is 10.9. The fourth-order valence-corrected chi connectivity index (χ4v) is 17.4. The van der Waals surface area contributed by atoms with E-state index in [-0.39, 0.29) is 42.3 Å². The molecule has 13 nitrogen and oxygen atoms in total. The van der Waals surface area contributed by atoms with Crippen molar-refractivity contribution in [3.8, 4) is 5.75 Å². The molecule has 6 aliphatic rings. The molecule has 364 valence electrons. The SMILES string of the molecule is COc1ccc([Si](C)(C)[C@H]2[C@H](CCO)O[C@@]3(C(=O)N(Cc4ccc(N5CN(c6ccccc6)C6(CCNCC6)C5=O)cc4)c4ccc(N5CN(c6ccccc6)C6(CCNCC6)C5=O)cc43)[C@@H]2C)cc1. The highest BCUT2D eigenvalue weighted by atomic mass is 28.3. The molecule has 6 aliphatic heterocycles. The molecule has 3 spiro atoms. The number of rotatable bonds is 11. The Balaban J connectivity index is 0.965. The number of hydrogen-bond donors (Lipinski definition) is 3. The molecule has 5 saturated heterocycles. The molecule has 0 saturated carbocycles. The second-order valence-corrected chi connectivity index (χ2v) is 25.5. The second kappa shape index (κ2) is 18.0. The van der Waals surface area contributed by atoms with Gasteiger partial charge in [0.15, 0.2) is 5.60 Å². The largest absolute Gasteiger partial charge is 0.497 e. The summed E-state index contributed by atoms with van der Waals surface area (Å²) in [7, 11) is -0.786. The first-order valence-corrected chi connectivity index (χ1v) is 28.2. The number of aliphatic hydroxyl groups is 1. The van der Waals surface area contributed by atoms with Gasteiger partial charge >= 0.3 is 0 Å². The first kappa shape index (κ1) is 46.4. The number of anilines is 5. The van der Waals surface area contributed by atoms with Crippen molar-refractivity contribution in [2.24, 2.45) is 5.92 Å². The topological polar surface area (TPSA) is 130 Å². The zero-order valence-corrected chi connectivity index (χ0v) is 41.8. The average molecular weight is 960 g/mol. The van der Waals surface area contributed by atoms with Crippen LogP contribution in [-0.2, 0) is 31.3 Å². The van der Waals surface area contributed by atoms with Crippen LogP contribution in [0.2, 0.25) is 18.6 Å². The van der Waals surface area contributed by atoms with Crippen molar-refractivity contribution in [2.45, 2.75) is 87.0 Å². The zero-order valence-electron chi connectivity index (χ0n) is 40.8. The number of nitrogens with zero attached hydrogens (tertiary/aromatic N) is 5. The zero-order chi connectivity index (χ0) is 48.4. The molecular formula is C56H65N7O6Si.